The SMILES string of the molecule is O=C(O)CNC(=O)Cn1ccc2cc(NC(=O)c3ccc(-n4ccc5cc(NC(=O)c6ccc(N7CCC(O)CC7)cc6)ccc54)cc3)ccc21. The maximum Gasteiger partial charge on any atom is 0.322 e. The lowest BCUT2D eigenvalue weighted by atomic mass is 10.1. The zero-order valence-electron chi connectivity index (χ0n) is 27.6. The third kappa shape index (κ3) is 7.46. The van der Waals surface area contributed by atoms with Gasteiger partial charge in [0.1, 0.15) is 13.1 Å². The van der Waals surface area contributed by atoms with Crippen molar-refractivity contribution in [2.24, 2.45) is 0 Å². The number of aliphatic hydroxyl groups is 1. The van der Waals surface area contributed by atoms with Gasteiger partial charge in [-0.15, -0.1) is 0 Å². The number of carbonyl (C=O) groups excluding carboxylic acids is 3. The number of anilines is 3. The minimum Gasteiger partial charge on any atom is -0.480 e. The Labute approximate surface area is 292 Å². The van der Waals surface area contributed by atoms with Gasteiger partial charge in [0.15, 0.2) is 0 Å². The maximum atomic E-state index is 13.1. The third-order valence-electron chi connectivity index (χ3n) is 9.09. The minimum atomic E-state index is -1.11. The Hall–Kier alpha value is -6.40. The molecule has 0 unspecified atom stereocenters. The lowest BCUT2D eigenvalue weighted by Crippen LogP contribution is -2.35. The standard InChI is InChI=1S/C39H36N6O6/c46-33-15-18-43(19-16-33)31-7-1-25(2-8-31)38(50)42-30-6-12-35-28(22-30)14-20-45(35)32-9-3-26(4-10-32)39(51)41-29-5-11-34-27(21-29)13-17-44(34)24-36(47)40-23-37(48)49/h1-14,17,20-22,33,46H,15-16,18-19,23-24H2,(H,40,47)(H,41,51)(H,42,50)(H,48,49). The summed E-state index contributed by atoms with van der Waals surface area (Å²) < 4.78 is 3.73. The first-order chi connectivity index (χ1) is 24.7. The molecule has 4 aromatic carbocycles. The van der Waals surface area contributed by atoms with Crippen LogP contribution in [-0.4, -0.2) is 68.8 Å². The van der Waals surface area contributed by atoms with Crippen molar-refractivity contribution in [3.63, 3.8) is 0 Å². The van der Waals surface area contributed by atoms with Crippen LogP contribution in [0.15, 0.2) is 109 Å². The zero-order chi connectivity index (χ0) is 35.5. The van der Waals surface area contributed by atoms with Crippen molar-refractivity contribution in [3.05, 3.63) is 121 Å². The fourth-order valence-electron chi connectivity index (χ4n) is 6.37. The molecule has 12 heteroatoms. The van der Waals surface area contributed by atoms with E-state index in [9.17, 15) is 24.3 Å². The molecule has 2 aromatic heterocycles. The van der Waals surface area contributed by atoms with Crippen LogP contribution in [0.4, 0.5) is 17.1 Å². The molecule has 0 radical (unpaired) electrons. The number of fused-ring (bicyclic) bond motifs is 2. The Morgan fingerprint density at radius 1 is 0.667 bits per heavy atom. The number of piperidine rings is 1. The van der Waals surface area contributed by atoms with E-state index in [2.05, 4.69) is 20.9 Å². The fourth-order valence-corrected chi connectivity index (χ4v) is 6.37. The molecule has 258 valence electrons. The average molecular weight is 685 g/mol. The molecule has 0 aliphatic carbocycles. The molecule has 0 spiro atoms. The lowest BCUT2D eigenvalue weighted by molar-refractivity contribution is -0.138. The molecular weight excluding hydrogens is 648 g/mol. The number of hydrogen-bond donors (Lipinski definition) is 5. The second-order valence-corrected chi connectivity index (χ2v) is 12.6. The number of carboxylic acid groups (broad SMARTS) is 1. The number of amides is 3. The van der Waals surface area contributed by atoms with E-state index in [0.717, 1.165) is 59.1 Å². The summed E-state index contributed by atoms with van der Waals surface area (Å²) in [5, 5.41) is 28.6. The number of aliphatic hydroxyl groups excluding tert-OH is 1. The summed E-state index contributed by atoms with van der Waals surface area (Å²) in [5.74, 6) is -1.98. The van der Waals surface area contributed by atoms with Crippen LogP contribution in [0, 0.1) is 0 Å². The number of benzene rings is 4. The van der Waals surface area contributed by atoms with Gasteiger partial charge >= 0.3 is 5.97 Å². The van der Waals surface area contributed by atoms with Crippen LogP contribution < -0.4 is 20.9 Å². The second-order valence-electron chi connectivity index (χ2n) is 12.6. The number of nitrogens with zero attached hydrogens (tertiary/aromatic N) is 3. The number of aromatic nitrogens is 2. The van der Waals surface area contributed by atoms with E-state index in [1.165, 1.54) is 0 Å². The summed E-state index contributed by atoms with van der Waals surface area (Å²) in [7, 11) is 0. The Bertz CT molecular complexity index is 2250. The highest BCUT2D eigenvalue weighted by Crippen LogP contribution is 2.26. The highest BCUT2D eigenvalue weighted by Gasteiger charge is 2.18. The number of carboxylic acids is 1. The summed E-state index contributed by atoms with van der Waals surface area (Å²) in [6.07, 6.45) is 4.94. The Morgan fingerprint density at radius 3 is 1.82 bits per heavy atom. The summed E-state index contributed by atoms with van der Waals surface area (Å²) in [6, 6.07) is 29.7. The van der Waals surface area contributed by atoms with Gasteiger partial charge in [0.05, 0.1) is 11.6 Å². The molecule has 12 nitrogen and oxygen atoms in total. The first kappa shape index (κ1) is 33.1. The smallest absolute Gasteiger partial charge is 0.322 e. The number of hydrogen-bond acceptors (Lipinski definition) is 6. The van der Waals surface area contributed by atoms with Gasteiger partial charge in [-0.3, -0.25) is 19.2 Å². The van der Waals surface area contributed by atoms with Crippen molar-refractivity contribution >= 4 is 62.6 Å². The van der Waals surface area contributed by atoms with Crippen LogP contribution in [0.3, 0.4) is 0 Å². The van der Waals surface area contributed by atoms with Crippen molar-refractivity contribution in [2.45, 2.75) is 25.5 Å². The van der Waals surface area contributed by atoms with Gasteiger partial charge in [0.25, 0.3) is 11.8 Å². The molecule has 0 bridgehead atoms. The molecule has 51 heavy (non-hydrogen) atoms. The average Bonchev–Trinajstić information content (AvgIpc) is 3.74. The largest absolute Gasteiger partial charge is 0.480 e. The van der Waals surface area contributed by atoms with Crippen molar-refractivity contribution < 1.29 is 29.4 Å². The first-order valence-electron chi connectivity index (χ1n) is 16.6. The molecule has 1 saturated heterocycles. The summed E-state index contributed by atoms with van der Waals surface area (Å²) >= 11 is 0. The van der Waals surface area contributed by atoms with E-state index in [1.807, 2.05) is 83.6 Å². The number of aliphatic carboxylic acids is 1. The van der Waals surface area contributed by atoms with Crippen LogP contribution in [0.25, 0.3) is 27.5 Å². The van der Waals surface area contributed by atoms with Gasteiger partial charge in [-0.25, -0.2) is 0 Å². The third-order valence-corrected chi connectivity index (χ3v) is 9.09. The minimum absolute atomic E-state index is 0.0221. The molecule has 0 atom stereocenters. The normalized spacial score (nSPS) is 13.3. The molecule has 7 rings (SSSR count). The molecule has 0 saturated carbocycles. The van der Waals surface area contributed by atoms with E-state index in [1.54, 1.807) is 35.0 Å². The highest BCUT2D eigenvalue weighted by molar-refractivity contribution is 6.06. The summed E-state index contributed by atoms with van der Waals surface area (Å²) in [6.45, 7) is 1.13. The van der Waals surface area contributed by atoms with E-state index in [4.69, 9.17) is 5.11 Å². The van der Waals surface area contributed by atoms with Crippen LogP contribution in [-0.2, 0) is 16.1 Å². The van der Waals surface area contributed by atoms with Crippen LogP contribution in [0.5, 0.6) is 0 Å². The Morgan fingerprint density at radius 2 is 1.22 bits per heavy atom. The van der Waals surface area contributed by atoms with Crippen molar-refractivity contribution in [1.82, 2.24) is 14.5 Å². The molecule has 5 N–H and O–H groups in total. The quantitative estimate of drug-likeness (QED) is 0.132. The molecule has 1 aliphatic heterocycles. The van der Waals surface area contributed by atoms with Gasteiger partial charge in [-0.1, -0.05) is 0 Å². The molecular formula is C39H36N6O6. The molecule has 6 aromatic rings. The maximum absolute atomic E-state index is 13.1. The summed E-state index contributed by atoms with van der Waals surface area (Å²) in [5.41, 5.74) is 5.96. The van der Waals surface area contributed by atoms with Crippen molar-refractivity contribution in [2.75, 3.05) is 35.2 Å². The Kier molecular flexibility index (Phi) is 9.23. The van der Waals surface area contributed by atoms with Crippen LogP contribution in [0.1, 0.15) is 33.6 Å². The second kappa shape index (κ2) is 14.2. The zero-order valence-corrected chi connectivity index (χ0v) is 27.6. The highest BCUT2D eigenvalue weighted by atomic mass is 16.4. The predicted octanol–water partition coefficient (Wildman–Crippen LogP) is 5.25. The van der Waals surface area contributed by atoms with Gasteiger partial charge in [0.2, 0.25) is 5.91 Å². The van der Waals surface area contributed by atoms with Gasteiger partial charge < -0.3 is 40.2 Å². The number of rotatable bonds is 10. The van der Waals surface area contributed by atoms with Crippen LogP contribution >= 0.6 is 0 Å². The van der Waals surface area contributed by atoms with E-state index < -0.39 is 18.4 Å². The monoisotopic (exact) mass is 684 g/mol. The predicted molar refractivity (Wildman–Crippen MR) is 196 cm³/mol. The van der Waals surface area contributed by atoms with Gasteiger partial charge in [-0.2, -0.15) is 0 Å². The molecule has 3 amide bonds. The Balaban J connectivity index is 0.971. The van der Waals surface area contributed by atoms with E-state index in [-0.39, 0.29) is 24.5 Å². The van der Waals surface area contributed by atoms with Crippen molar-refractivity contribution in [1.29, 1.82) is 0 Å². The summed E-state index contributed by atoms with van der Waals surface area (Å²) in [4.78, 5) is 51.1. The van der Waals surface area contributed by atoms with E-state index >= 15 is 0 Å². The number of nitrogens with one attached hydrogen (secondary N) is 3. The van der Waals surface area contributed by atoms with Crippen LogP contribution in [0.2, 0.25) is 0 Å². The lowest BCUT2D eigenvalue weighted by Gasteiger charge is -2.31. The molecule has 1 aliphatic rings. The molecule has 1 fully saturated rings. The number of carbonyl (C=O) groups is 4. The topological polar surface area (TPSA) is 158 Å². The van der Waals surface area contributed by atoms with E-state index in [0.29, 0.717) is 22.5 Å². The molecule has 3 heterocycles. The van der Waals surface area contributed by atoms with Gasteiger partial charge in [0, 0.05) is 75.6 Å². The van der Waals surface area contributed by atoms with Gasteiger partial charge in [-0.05, 0) is 110 Å². The fraction of sp³-hybridized carbons (Fsp3) is 0.179. The first-order valence-corrected chi connectivity index (χ1v) is 16.6. The van der Waals surface area contributed by atoms with Crippen molar-refractivity contribution in [3.8, 4) is 5.69 Å².